The monoisotopic (exact) mass is 456 g/mol. The highest BCUT2D eigenvalue weighted by Crippen LogP contribution is 2.37. The topological polar surface area (TPSA) is 99.8 Å². The summed E-state index contributed by atoms with van der Waals surface area (Å²) < 4.78 is 17.1. The van der Waals surface area contributed by atoms with Gasteiger partial charge >= 0.3 is 0 Å². The van der Waals surface area contributed by atoms with Crippen LogP contribution in [-0.2, 0) is 0 Å². The Hall–Kier alpha value is -4.14. The number of halogens is 1. The van der Waals surface area contributed by atoms with Crippen LogP contribution in [-0.4, -0.2) is 34.3 Å². The second-order valence-electron chi connectivity index (χ2n) is 9.41. The van der Waals surface area contributed by atoms with E-state index in [0.717, 1.165) is 27.9 Å². The molecule has 0 bridgehead atoms. The lowest BCUT2D eigenvalue weighted by Gasteiger charge is -2.31. The van der Waals surface area contributed by atoms with Crippen LogP contribution in [0, 0.1) is 18.2 Å². The molecule has 0 aliphatic carbocycles. The molecule has 0 aliphatic heterocycles. The summed E-state index contributed by atoms with van der Waals surface area (Å²) in [7, 11) is 0. The molecule has 8 nitrogen and oxygen atoms in total. The predicted molar refractivity (Wildman–Crippen MR) is 128 cm³/mol. The van der Waals surface area contributed by atoms with Crippen molar-refractivity contribution in [3.8, 4) is 22.5 Å². The summed E-state index contributed by atoms with van der Waals surface area (Å²) in [5.41, 5.74) is 11.4. The Bertz CT molecular complexity index is 1480. The van der Waals surface area contributed by atoms with E-state index >= 15 is 0 Å². The van der Waals surface area contributed by atoms with Gasteiger partial charge < -0.3 is 5.73 Å². The summed E-state index contributed by atoms with van der Waals surface area (Å²) in [4.78, 5) is 13.6. The van der Waals surface area contributed by atoms with Crippen LogP contribution < -0.4 is 5.73 Å². The summed E-state index contributed by atoms with van der Waals surface area (Å²) in [6, 6.07) is 8.43. The number of rotatable bonds is 4. The molecule has 1 aromatic carbocycles. The molecule has 5 aromatic rings. The van der Waals surface area contributed by atoms with E-state index in [2.05, 4.69) is 40.9 Å². The maximum atomic E-state index is 13.5. The number of fused-ring (bicyclic) bond motifs is 1. The molecule has 1 unspecified atom stereocenters. The fraction of sp³-hybridized carbons (Fsp3) is 0.240. The maximum Gasteiger partial charge on any atom is 0.240 e. The number of hydrogen-bond acceptors (Lipinski definition) is 6. The van der Waals surface area contributed by atoms with Crippen LogP contribution in [0.1, 0.15) is 37.9 Å². The van der Waals surface area contributed by atoms with E-state index in [-0.39, 0.29) is 23.2 Å². The number of hydrogen-bond donors (Lipinski definition) is 1. The van der Waals surface area contributed by atoms with Crippen molar-refractivity contribution in [2.75, 3.05) is 5.73 Å². The molecule has 2 N–H and O–H groups in total. The first-order chi connectivity index (χ1) is 16.2. The lowest BCUT2D eigenvalue weighted by Crippen LogP contribution is -2.26. The Kier molecular flexibility index (Phi) is 5.11. The van der Waals surface area contributed by atoms with Crippen LogP contribution in [0.25, 0.3) is 28.2 Å². The number of aryl methyl sites for hydroxylation is 1. The molecule has 9 heteroatoms. The first kappa shape index (κ1) is 21.7. The minimum absolute atomic E-state index is 0.0824. The van der Waals surface area contributed by atoms with E-state index in [1.807, 2.05) is 42.2 Å². The summed E-state index contributed by atoms with van der Waals surface area (Å²) >= 11 is 0. The highest BCUT2D eigenvalue weighted by atomic mass is 19.1. The van der Waals surface area contributed by atoms with Gasteiger partial charge in [0, 0.05) is 29.1 Å². The van der Waals surface area contributed by atoms with Gasteiger partial charge in [-0.1, -0.05) is 32.9 Å². The minimum atomic E-state index is -0.257. The Labute approximate surface area is 196 Å². The van der Waals surface area contributed by atoms with Gasteiger partial charge in [-0.05, 0) is 36.1 Å². The molecule has 0 spiro atoms. The highest BCUT2D eigenvalue weighted by Gasteiger charge is 2.29. The van der Waals surface area contributed by atoms with Crippen molar-refractivity contribution in [1.29, 1.82) is 0 Å². The van der Waals surface area contributed by atoms with Crippen molar-refractivity contribution in [2.45, 2.75) is 33.7 Å². The summed E-state index contributed by atoms with van der Waals surface area (Å²) in [5.74, 6) is -0.0333. The van der Waals surface area contributed by atoms with Crippen molar-refractivity contribution >= 4 is 11.6 Å². The van der Waals surface area contributed by atoms with Gasteiger partial charge in [0.1, 0.15) is 5.82 Å². The van der Waals surface area contributed by atoms with E-state index in [9.17, 15) is 4.39 Å². The predicted octanol–water partition coefficient (Wildman–Crippen LogP) is 4.72. The number of benzene rings is 1. The van der Waals surface area contributed by atoms with Crippen LogP contribution in [0.2, 0.25) is 0 Å². The minimum Gasteiger partial charge on any atom is -0.366 e. The van der Waals surface area contributed by atoms with Crippen molar-refractivity contribution in [3.05, 3.63) is 78.3 Å². The van der Waals surface area contributed by atoms with E-state index in [0.29, 0.717) is 11.3 Å². The average Bonchev–Trinajstić information content (AvgIpc) is 3.42. The third-order valence-corrected chi connectivity index (χ3v) is 5.85. The Morgan fingerprint density at radius 1 is 0.971 bits per heavy atom. The second-order valence-corrected chi connectivity index (χ2v) is 9.41. The zero-order valence-corrected chi connectivity index (χ0v) is 19.4. The molecule has 4 heterocycles. The first-order valence-corrected chi connectivity index (χ1v) is 10.9. The van der Waals surface area contributed by atoms with Crippen LogP contribution in [0.15, 0.2) is 61.3 Å². The maximum absolute atomic E-state index is 13.5. The molecule has 5 rings (SSSR count). The molecular weight excluding hydrogens is 431 g/mol. The van der Waals surface area contributed by atoms with Gasteiger partial charge in [0.2, 0.25) is 5.95 Å². The van der Waals surface area contributed by atoms with Crippen molar-refractivity contribution in [1.82, 2.24) is 34.3 Å². The number of pyridine rings is 1. The number of nitrogens with two attached hydrogens (primary N) is 1. The first-order valence-electron chi connectivity index (χ1n) is 10.9. The van der Waals surface area contributed by atoms with Crippen molar-refractivity contribution < 1.29 is 4.39 Å². The third-order valence-electron chi connectivity index (χ3n) is 5.85. The average molecular weight is 457 g/mol. The number of anilines is 1. The molecule has 0 saturated heterocycles. The number of nitrogen functional groups attached to an aromatic ring is 1. The van der Waals surface area contributed by atoms with Gasteiger partial charge in [-0.3, -0.25) is 9.67 Å². The van der Waals surface area contributed by atoms with Gasteiger partial charge in [0.05, 0.1) is 36.0 Å². The molecule has 0 fully saturated rings. The molecule has 34 heavy (non-hydrogen) atoms. The zero-order chi connectivity index (χ0) is 24.0. The molecule has 1 atom stereocenters. The van der Waals surface area contributed by atoms with Crippen LogP contribution in [0.4, 0.5) is 10.3 Å². The lowest BCUT2D eigenvalue weighted by atomic mass is 9.82. The Morgan fingerprint density at radius 2 is 1.71 bits per heavy atom. The van der Waals surface area contributed by atoms with Crippen LogP contribution in [0.5, 0.6) is 0 Å². The van der Waals surface area contributed by atoms with E-state index < -0.39 is 0 Å². The van der Waals surface area contributed by atoms with Gasteiger partial charge in [0.25, 0.3) is 0 Å². The van der Waals surface area contributed by atoms with Gasteiger partial charge in [-0.15, -0.1) is 5.10 Å². The standard InChI is InChI=1S/C25H25FN8/c1-15-19(9-10-33-23(15)31-24(27)32-33)21-13-28-12-20(30-21)17-11-29-34(14-17)22(25(2,3)4)16-5-7-18(26)8-6-16/h5-14,22H,1-4H3,(H2,27,32). The van der Waals surface area contributed by atoms with E-state index in [1.165, 1.54) is 12.1 Å². The van der Waals surface area contributed by atoms with Gasteiger partial charge in [-0.25, -0.2) is 13.9 Å². The van der Waals surface area contributed by atoms with Crippen LogP contribution in [0.3, 0.4) is 0 Å². The van der Waals surface area contributed by atoms with Crippen molar-refractivity contribution in [2.24, 2.45) is 5.41 Å². The summed E-state index contributed by atoms with van der Waals surface area (Å²) in [6.07, 6.45) is 9.00. The fourth-order valence-electron chi connectivity index (χ4n) is 4.31. The number of nitrogens with zero attached hydrogens (tertiary/aromatic N) is 7. The third kappa shape index (κ3) is 3.89. The summed E-state index contributed by atoms with van der Waals surface area (Å²) in [5, 5.41) is 8.80. The Balaban J connectivity index is 1.53. The smallest absolute Gasteiger partial charge is 0.240 e. The quantitative estimate of drug-likeness (QED) is 0.420. The SMILES string of the molecule is Cc1c(-c2cncc(-c3cnn(C(c4ccc(F)cc4)C(C)(C)C)c3)n2)ccn2nc(N)nc12. The van der Waals surface area contributed by atoms with Crippen LogP contribution >= 0.6 is 0 Å². The molecule has 172 valence electrons. The largest absolute Gasteiger partial charge is 0.366 e. The second kappa shape index (κ2) is 8.02. The van der Waals surface area contributed by atoms with E-state index in [1.54, 1.807) is 23.1 Å². The fourth-order valence-corrected chi connectivity index (χ4v) is 4.31. The van der Waals surface area contributed by atoms with Gasteiger partial charge in [-0.2, -0.15) is 10.1 Å². The highest BCUT2D eigenvalue weighted by molar-refractivity contribution is 5.72. The Morgan fingerprint density at radius 3 is 2.44 bits per heavy atom. The molecule has 4 aromatic heterocycles. The summed E-state index contributed by atoms with van der Waals surface area (Å²) in [6.45, 7) is 8.37. The number of aromatic nitrogens is 7. The molecule has 0 aliphatic rings. The lowest BCUT2D eigenvalue weighted by molar-refractivity contribution is 0.265. The molecule has 0 amide bonds. The molecule has 0 radical (unpaired) electrons. The van der Waals surface area contributed by atoms with Crippen molar-refractivity contribution in [3.63, 3.8) is 0 Å². The van der Waals surface area contributed by atoms with E-state index in [4.69, 9.17) is 10.7 Å². The van der Waals surface area contributed by atoms with Gasteiger partial charge in [0.15, 0.2) is 5.65 Å². The normalized spacial score (nSPS) is 12.9. The molecule has 0 saturated carbocycles. The molecular formula is C25H25FN8. The zero-order valence-electron chi connectivity index (χ0n) is 19.4.